The molecule has 0 bridgehead atoms. The Labute approximate surface area is 145 Å². The number of carbonyl (C=O) groups is 1. The maximum atomic E-state index is 12.5. The second-order valence-corrected chi connectivity index (χ2v) is 5.54. The van der Waals surface area contributed by atoms with Crippen LogP contribution in [0.1, 0.15) is 27.9 Å². The summed E-state index contributed by atoms with van der Waals surface area (Å²) < 4.78 is 37.6. The van der Waals surface area contributed by atoms with E-state index in [1.807, 2.05) is 0 Å². The summed E-state index contributed by atoms with van der Waals surface area (Å²) in [5, 5.41) is 8.00. The number of carbonyl (C=O) groups excluding carboxylic acids is 1. The van der Waals surface area contributed by atoms with Crippen LogP contribution in [0, 0.1) is 0 Å². The molecule has 3 rings (SSSR count). The van der Waals surface area contributed by atoms with Crippen LogP contribution >= 0.6 is 0 Å². The van der Waals surface area contributed by atoms with E-state index in [1.54, 1.807) is 6.21 Å². The van der Waals surface area contributed by atoms with Crippen LogP contribution in [0.25, 0.3) is 0 Å². The fraction of sp³-hybridized carbons (Fsp3) is 0.250. The van der Waals surface area contributed by atoms with Crippen LogP contribution in [0.4, 0.5) is 19.1 Å². The van der Waals surface area contributed by atoms with Gasteiger partial charge in [0, 0.05) is 31.9 Å². The van der Waals surface area contributed by atoms with E-state index >= 15 is 0 Å². The van der Waals surface area contributed by atoms with Crippen molar-refractivity contribution in [2.75, 3.05) is 11.6 Å². The van der Waals surface area contributed by atoms with Crippen LogP contribution in [0.2, 0.25) is 0 Å². The van der Waals surface area contributed by atoms with Gasteiger partial charge in [0.25, 0.3) is 11.5 Å². The fourth-order valence-corrected chi connectivity index (χ4v) is 2.32. The SMILES string of the molecule is O=C(NCc1ccc(C(F)(F)F)cc1)c1cnc(N2CCC=N2)[nH]c1=O. The number of nitrogens with zero attached hydrogens (tertiary/aromatic N) is 3. The highest BCUT2D eigenvalue weighted by Crippen LogP contribution is 2.29. The van der Waals surface area contributed by atoms with Crippen molar-refractivity contribution < 1.29 is 18.0 Å². The number of hydrogen-bond acceptors (Lipinski definition) is 5. The van der Waals surface area contributed by atoms with E-state index in [0.717, 1.165) is 24.8 Å². The number of halogens is 3. The third kappa shape index (κ3) is 3.90. The number of H-pyrrole nitrogens is 1. The highest BCUT2D eigenvalue weighted by molar-refractivity contribution is 5.93. The number of amides is 1. The van der Waals surface area contributed by atoms with Gasteiger partial charge in [-0.1, -0.05) is 12.1 Å². The first kappa shape index (κ1) is 17.6. The first-order valence-electron chi connectivity index (χ1n) is 7.68. The number of hydrogen-bond donors (Lipinski definition) is 2. The summed E-state index contributed by atoms with van der Waals surface area (Å²) in [5.41, 5.74) is -1.11. The summed E-state index contributed by atoms with van der Waals surface area (Å²) in [4.78, 5) is 30.6. The number of rotatable bonds is 4. The number of aromatic amines is 1. The van der Waals surface area contributed by atoms with Crippen molar-refractivity contribution in [3.8, 4) is 0 Å². The molecule has 0 aliphatic carbocycles. The first-order chi connectivity index (χ1) is 12.3. The standard InChI is InChI=1S/C16H14F3N5O2/c17-16(18,19)11-4-2-10(3-5-11)8-20-13(25)12-9-21-15(23-14(12)26)24-7-1-6-22-24/h2-6,9H,1,7-8H2,(H,20,25)(H,21,23,26). The average Bonchev–Trinajstić information content (AvgIpc) is 3.14. The van der Waals surface area contributed by atoms with Crippen molar-refractivity contribution >= 4 is 18.1 Å². The Kier molecular flexibility index (Phi) is 4.74. The highest BCUT2D eigenvalue weighted by atomic mass is 19.4. The van der Waals surface area contributed by atoms with E-state index in [9.17, 15) is 22.8 Å². The number of nitrogens with one attached hydrogen (secondary N) is 2. The molecule has 1 aromatic carbocycles. The molecule has 1 aliphatic heterocycles. The van der Waals surface area contributed by atoms with Crippen LogP contribution in [0.5, 0.6) is 0 Å². The second-order valence-electron chi connectivity index (χ2n) is 5.54. The van der Waals surface area contributed by atoms with Gasteiger partial charge >= 0.3 is 6.18 Å². The molecule has 0 unspecified atom stereocenters. The molecule has 26 heavy (non-hydrogen) atoms. The predicted molar refractivity (Wildman–Crippen MR) is 87.9 cm³/mol. The second kappa shape index (κ2) is 6.98. The molecule has 1 amide bonds. The van der Waals surface area contributed by atoms with E-state index in [0.29, 0.717) is 12.1 Å². The van der Waals surface area contributed by atoms with Gasteiger partial charge in [-0.15, -0.1) is 0 Å². The summed E-state index contributed by atoms with van der Waals surface area (Å²) in [6.45, 7) is 0.566. The van der Waals surface area contributed by atoms with Gasteiger partial charge in [-0.05, 0) is 17.7 Å². The van der Waals surface area contributed by atoms with Crippen molar-refractivity contribution in [1.29, 1.82) is 0 Å². The van der Waals surface area contributed by atoms with Gasteiger partial charge in [-0.25, -0.2) is 9.99 Å². The van der Waals surface area contributed by atoms with E-state index < -0.39 is 23.2 Å². The minimum absolute atomic E-state index is 0.0193. The zero-order chi connectivity index (χ0) is 18.7. The molecule has 2 N–H and O–H groups in total. The molecule has 0 spiro atoms. The van der Waals surface area contributed by atoms with Crippen molar-refractivity contribution in [2.45, 2.75) is 19.1 Å². The largest absolute Gasteiger partial charge is 0.416 e. The maximum Gasteiger partial charge on any atom is 0.416 e. The summed E-state index contributed by atoms with van der Waals surface area (Å²) >= 11 is 0. The molecule has 0 saturated carbocycles. The Balaban J connectivity index is 1.65. The van der Waals surface area contributed by atoms with Crippen LogP contribution in [0.3, 0.4) is 0 Å². The third-order valence-corrected chi connectivity index (χ3v) is 3.70. The Bertz CT molecular complexity index is 890. The Morgan fingerprint density at radius 2 is 2.00 bits per heavy atom. The normalized spacial score (nSPS) is 13.9. The van der Waals surface area contributed by atoms with Gasteiger partial charge in [-0.2, -0.15) is 18.3 Å². The molecule has 136 valence electrons. The minimum Gasteiger partial charge on any atom is -0.348 e. The highest BCUT2D eigenvalue weighted by Gasteiger charge is 2.29. The van der Waals surface area contributed by atoms with E-state index in [4.69, 9.17) is 0 Å². The molecule has 7 nitrogen and oxygen atoms in total. The smallest absolute Gasteiger partial charge is 0.348 e. The van der Waals surface area contributed by atoms with Crippen LogP contribution in [0.15, 0.2) is 40.4 Å². The Morgan fingerprint density at radius 3 is 2.58 bits per heavy atom. The summed E-state index contributed by atoms with van der Waals surface area (Å²) in [6.07, 6.45) is -0.851. The molecule has 1 aromatic heterocycles. The Morgan fingerprint density at radius 1 is 1.27 bits per heavy atom. The van der Waals surface area contributed by atoms with Gasteiger partial charge in [-0.3, -0.25) is 14.6 Å². The Hall–Kier alpha value is -3.17. The lowest BCUT2D eigenvalue weighted by atomic mass is 10.1. The van der Waals surface area contributed by atoms with Gasteiger partial charge in [0.1, 0.15) is 5.56 Å². The topological polar surface area (TPSA) is 90.4 Å². The number of anilines is 1. The molecular formula is C16H14F3N5O2. The zero-order valence-corrected chi connectivity index (χ0v) is 13.4. The fourth-order valence-electron chi connectivity index (χ4n) is 2.32. The molecule has 0 fully saturated rings. The molecule has 2 aromatic rings. The number of hydrazone groups is 1. The molecule has 2 heterocycles. The van der Waals surface area contributed by atoms with Gasteiger partial charge in [0.05, 0.1) is 5.56 Å². The lowest BCUT2D eigenvalue weighted by Gasteiger charge is -2.12. The first-order valence-corrected chi connectivity index (χ1v) is 7.68. The van der Waals surface area contributed by atoms with Gasteiger partial charge in [0.15, 0.2) is 0 Å². The van der Waals surface area contributed by atoms with Crippen molar-refractivity contribution in [1.82, 2.24) is 15.3 Å². The monoisotopic (exact) mass is 365 g/mol. The van der Waals surface area contributed by atoms with Crippen LogP contribution in [-0.2, 0) is 12.7 Å². The average molecular weight is 365 g/mol. The van der Waals surface area contributed by atoms with Crippen molar-refractivity contribution in [3.05, 3.63) is 57.5 Å². The van der Waals surface area contributed by atoms with E-state index in [-0.39, 0.29) is 18.1 Å². The quantitative estimate of drug-likeness (QED) is 0.866. The van der Waals surface area contributed by atoms with Crippen LogP contribution < -0.4 is 15.9 Å². The van der Waals surface area contributed by atoms with Crippen molar-refractivity contribution in [3.63, 3.8) is 0 Å². The third-order valence-electron chi connectivity index (χ3n) is 3.70. The van der Waals surface area contributed by atoms with E-state index in [1.165, 1.54) is 17.1 Å². The molecule has 1 aliphatic rings. The lowest BCUT2D eigenvalue weighted by molar-refractivity contribution is -0.137. The summed E-state index contributed by atoms with van der Waals surface area (Å²) in [7, 11) is 0. The number of benzene rings is 1. The van der Waals surface area contributed by atoms with Crippen molar-refractivity contribution in [2.24, 2.45) is 5.10 Å². The lowest BCUT2D eigenvalue weighted by Crippen LogP contribution is -2.31. The zero-order valence-electron chi connectivity index (χ0n) is 13.4. The van der Waals surface area contributed by atoms with Gasteiger partial charge < -0.3 is 5.32 Å². The number of aromatic nitrogens is 2. The number of alkyl halides is 3. The molecule has 0 saturated heterocycles. The maximum absolute atomic E-state index is 12.5. The minimum atomic E-state index is -4.41. The molecule has 0 radical (unpaired) electrons. The predicted octanol–water partition coefficient (Wildman–Crippen LogP) is 1.91. The molecular weight excluding hydrogens is 351 g/mol. The van der Waals surface area contributed by atoms with E-state index in [2.05, 4.69) is 20.4 Å². The summed E-state index contributed by atoms with van der Waals surface area (Å²) in [6, 6.07) is 4.39. The summed E-state index contributed by atoms with van der Waals surface area (Å²) in [5.74, 6) is -0.432. The molecule has 0 atom stereocenters. The molecule has 10 heteroatoms. The van der Waals surface area contributed by atoms with Gasteiger partial charge in [0.2, 0.25) is 5.95 Å². The van der Waals surface area contributed by atoms with Crippen LogP contribution in [-0.4, -0.2) is 28.6 Å².